The number of thioether (sulfide) groups is 1. The van der Waals surface area contributed by atoms with Crippen LogP contribution in [0.1, 0.15) is 0 Å². The number of hydrogen-bond donors (Lipinski definition) is 1. The first-order chi connectivity index (χ1) is 13.0. The van der Waals surface area contributed by atoms with E-state index in [1.54, 1.807) is 24.3 Å². The number of carbonyl (C=O) groups is 1. The third-order valence-corrected chi connectivity index (χ3v) is 4.85. The fraction of sp³-hybridized carbons (Fsp3) is 0.105. The number of amides is 1. The number of rotatable bonds is 5. The number of nitrogens with one attached hydrogen (secondary N) is 1. The molecule has 0 bridgehead atoms. The van der Waals surface area contributed by atoms with Gasteiger partial charge in [0.2, 0.25) is 5.91 Å². The summed E-state index contributed by atoms with van der Waals surface area (Å²) in [4.78, 5) is 29.4. The van der Waals surface area contributed by atoms with E-state index in [0.29, 0.717) is 16.6 Å². The van der Waals surface area contributed by atoms with Crippen LogP contribution in [0.15, 0.2) is 52.4 Å². The lowest BCUT2D eigenvalue weighted by Gasteiger charge is -2.13. The number of halogens is 2. The van der Waals surface area contributed by atoms with Crippen molar-refractivity contribution in [3.8, 4) is 18.0 Å². The maximum Gasteiger partial charge on any atom is 0.266 e. The monoisotopic (exact) mass is 401 g/mol. The molecule has 0 radical (unpaired) electrons. The molecule has 1 amide bonds. The van der Waals surface area contributed by atoms with Gasteiger partial charge in [-0.05, 0) is 30.3 Å². The molecule has 0 spiro atoms. The zero-order valence-electron chi connectivity index (χ0n) is 13.9. The van der Waals surface area contributed by atoms with Crippen molar-refractivity contribution >= 4 is 40.2 Å². The molecular weight excluding hydrogens is 389 g/mol. The van der Waals surface area contributed by atoms with Crippen LogP contribution in [0, 0.1) is 18.2 Å². The molecule has 0 aliphatic carbocycles. The Kier molecular flexibility index (Phi) is 5.79. The second-order valence-electron chi connectivity index (χ2n) is 5.42. The van der Waals surface area contributed by atoms with E-state index in [1.807, 2.05) is 0 Å². The average Bonchev–Trinajstić information content (AvgIpc) is 2.67. The molecule has 3 rings (SSSR count). The Morgan fingerprint density at radius 3 is 2.85 bits per heavy atom. The van der Waals surface area contributed by atoms with Crippen molar-refractivity contribution < 1.29 is 9.18 Å². The van der Waals surface area contributed by atoms with Gasteiger partial charge in [-0.25, -0.2) is 9.37 Å². The van der Waals surface area contributed by atoms with Gasteiger partial charge in [0.25, 0.3) is 5.56 Å². The topological polar surface area (TPSA) is 64.0 Å². The van der Waals surface area contributed by atoms with Crippen molar-refractivity contribution in [3.05, 3.63) is 63.7 Å². The summed E-state index contributed by atoms with van der Waals surface area (Å²) in [5.74, 6) is 1.45. The van der Waals surface area contributed by atoms with Crippen molar-refractivity contribution in [2.45, 2.75) is 5.16 Å². The van der Waals surface area contributed by atoms with E-state index in [1.165, 1.54) is 22.8 Å². The summed E-state index contributed by atoms with van der Waals surface area (Å²) in [6.45, 7) is 0.116. The quantitative estimate of drug-likeness (QED) is 0.405. The normalized spacial score (nSPS) is 10.6. The zero-order valence-corrected chi connectivity index (χ0v) is 15.5. The van der Waals surface area contributed by atoms with Crippen molar-refractivity contribution in [2.75, 3.05) is 12.3 Å². The fourth-order valence-corrected chi connectivity index (χ4v) is 3.41. The summed E-state index contributed by atoms with van der Waals surface area (Å²) in [5.41, 5.74) is 0.518. The molecule has 0 aliphatic heterocycles. The Hall–Kier alpha value is -2.82. The van der Waals surface area contributed by atoms with Crippen LogP contribution in [0.25, 0.3) is 16.6 Å². The highest BCUT2D eigenvalue weighted by Crippen LogP contribution is 2.24. The average molecular weight is 402 g/mol. The van der Waals surface area contributed by atoms with E-state index in [2.05, 4.69) is 16.2 Å². The SMILES string of the molecule is C#CCNC(=O)CSc1nc2ccccc2c(=O)n1-c1ccc(F)c(Cl)c1. The van der Waals surface area contributed by atoms with Crippen LogP contribution < -0.4 is 10.9 Å². The Morgan fingerprint density at radius 2 is 2.11 bits per heavy atom. The van der Waals surface area contributed by atoms with Gasteiger partial charge in [0, 0.05) is 0 Å². The van der Waals surface area contributed by atoms with Gasteiger partial charge in [0.05, 0.1) is 33.9 Å². The molecule has 1 N–H and O–H groups in total. The number of terminal acetylenes is 1. The third kappa shape index (κ3) is 4.13. The molecule has 8 heteroatoms. The van der Waals surface area contributed by atoms with Crippen molar-refractivity contribution in [3.63, 3.8) is 0 Å². The highest BCUT2D eigenvalue weighted by molar-refractivity contribution is 7.99. The third-order valence-electron chi connectivity index (χ3n) is 3.63. The molecule has 136 valence electrons. The molecule has 3 aromatic rings. The van der Waals surface area contributed by atoms with Crippen LogP contribution in [0.5, 0.6) is 0 Å². The van der Waals surface area contributed by atoms with Crippen LogP contribution in [0.3, 0.4) is 0 Å². The molecule has 0 saturated carbocycles. The number of nitrogens with zero attached hydrogens (tertiary/aromatic N) is 2. The Balaban J connectivity index is 2.10. The van der Waals surface area contributed by atoms with E-state index >= 15 is 0 Å². The maximum absolute atomic E-state index is 13.5. The highest BCUT2D eigenvalue weighted by atomic mass is 35.5. The van der Waals surface area contributed by atoms with Gasteiger partial charge in [-0.1, -0.05) is 41.4 Å². The van der Waals surface area contributed by atoms with E-state index in [-0.39, 0.29) is 33.9 Å². The molecule has 1 aromatic heterocycles. The number of hydrogen-bond acceptors (Lipinski definition) is 4. The van der Waals surface area contributed by atoms with Crippen molar-refractivity contribution in [1.29, 1.82) is 0 Å². The first-order valence-corrected chi connectivity index (χ1v) is 9.18. The van der Waals surface area contributed by atoms with Gasteiger partial charge >= 0.3 is 0 Å². The maximum atomic E-state index is 13.5. The van der Waals surface area contributed by atoms with E-state index in [9.17, 15) is 14.0 Å². The lowest BCUT2D eigenvalue weighted by atomic mass is 10.2. The summed E-state index contributed by atoms with van der Waals surface area (Å²) in [5, 5.41) is 3.12. The predicted octanol–water partition coefficient (Wildman–Crippen LogP) is 3.02. The van der Waals surface area contributed by atoms with Gasteiger partial charge < -0.3 is 5.32 Å². The smallest absolute Gasteiger partial charge is 0.266 e. The molecule has 1 heterocycles. The summed E-state index contributed by atoms with van der Waals surface area (Å²) in [7, 11) is 0. The molecule has 0 saturated heterocycles. The Labute approximate surface area is 163 Å². The lowest BCUT2D eigenvalue weighted by Crippen LogP contribution is -2.26. The first kappa shape index (κ1) is 19.0. The number of fused-ring (bicyclic) bond motifs is 1. The zero-order chi connectivity index (χ0) is 19.4. The largest absolute Gasteiger partial charge is 0.344 e. The standard InChI is InChI=1S/C19H13ClFN3O2S/c1-2-9-22-17(25)11-27-19-23-16-6-4-3-5-13(16)18(26)24(19)12-7-8-15(21)14(20)10-12/h1,3-8,10H,9,11H2,(H,22,25). The van der Waals surface area contributed by atoms with Gasteiger partial charge in [0.15, 0.2) is 5.16 Å². The highest BCUT2D eigenvalue weighted by Gasteiger charge is 2.15. The van der Waals surface area contributed by atoms with Gasteiger partial charge in [-0.2, -0.15) is 0 Å². The van der Waals surface area contributed by atoms with E-state index in [0.717, 1.165) is 11.8 Å². The lowest BCUT2D eigenvalue weighted by molar-refractivity contribution is -0.118. The fourth-order valence-electron chi connectivity index (χ4n) is 2.39. The summed E-state index contributed by atoms with van der Waals surface area (Å²) < 4.78 is 14.8. The molecule has 0 fully saturated rings. The number of para-hydroxylation sites is 1. The van der Waals surface area contributed by atoms with Crippen LogP contribution in [-0.4, -0.2) is 27.8 Å². The Bertz CT molecular complexity index is 1120. The minimum absolute atomic E-state index is 0.0153. The number of aromatic nitrogens is 2. The van der Waals surface area contributed by atoms with Crippen LogP contribution in [0.4, 0.5) is 4.39 Å². The minimum atomic E-state index is -0.593. The second kappa shape index (κ2) is 8.25. The van der Waals surface area contributed by atoms with Crippen molar-refractivity contribution in [1.82, 2.24) is 14.9 Å². The van der Waals surface area contributed by atoms with Crippen LogP contribution in [0.2, 0.25) is 5.02 Å². The minimum Gasteiger partial charge on any atom is -0.344 e. The molecule has 0 unspecified atom stereocenters. The summed E-state index contributed by atoms with van der Waals surface area (Å²) in [6, 6.07) is 10.8. The van der Waals surface area contributed by atoms with Gasteiger partial charge in [-0.3, -0.25) is 14.2 Å². The number of carbonyl (C=O) groups excluding carboxylic acids is 1. The summed E-state index contributed by atoms with van der Waals surface area (Å²) >= 11 is 6.94. The van der Waals surface area contributed by atoms with Gasteiger partial charge in [-0.15, -0.1) is 6.42 Å². The number of benzene rings is 2. The van der Waals surface area contributed by atoms with E-state index < -0.39 is 5.82 Å². The first-order valence-electron chi connectivity index (χ1n) is 7.81. The molecule has 5 nitrogen and oxygen atoms in total. The van der Waals surface area contributed by atoms with E-state index in [4.69, 9.17) is 18.0 Å². The van der Waals surface area contributed by atoms with Crippen LogP contribution in [-0.2, 0) is 4.79 Å². The molecule has 2 aromatic carbocycles. The summed E-state index contributed by atoms with van der Waals surface area (Å²) in [6.07, 6.45) is 5.12. The second-order valence-corrected chi connectivity index (χ2v) is 6.77. The molecule has 0 atom stereocenters. The molecule has 27 heavy (non-hydrogen) atoms. The Morgan fingerprint density at radius 1 is 1.33 bits per heavy atom. The molecular formula is C19H13ClFN3O2S. The predicted molar refractivity (Wildman–Crippen MR) is 105 cm³/mol. The van der Waals surface area contributed by atoms with Crippen molar-refractivity contribution in [2.24, 2.45) is 0 Å². The molecule has 0 aliphatic rings. The van der Waals surface area contributed by atoms with Crippen LogP contribution >= 0.6 is 23.4 Å². The van der Waals surface area contributed by atoms with Gasteiger partial charge in [0.1, 0.15) is 5.82 Å².